The zero-order valence-corrected chi connectivity index (χ0v) is 31.4. The fraction of sp³-hybridized carbons (Fsp3) is 0. The van der Waals surface area contributed by atoms with Gasteiger partial charge >= 0.3 is 0 Å². The number of hydrogen-bond acceptors (Lipinski definition) is 2. The Morgan fingerprint density at radius 1 is 0.328 bits per heavy atom. The van der Waals surface area contributed by atoms with Crippen LogP contribution in [0.4, 0.5) is 0 Å². The second-order valence-electron chi connectivity index (χ2n) is 15.0. The van der Waals surface area contributed by atoms with Gasteiger partial charge in [-0.2, -0.15) is 0 Å². The summed E-state index contributed by atoms with van der Waals surface area (Å²) >= 11 is 0. The number of hydrogen-bond donors (Lipinski definition) is 0. The number of rotatable bonds is 5. The van der Waals surface area contributed by atoms with E-state index < -0.39 is 0 Å². The van der Waals surface area contributed by atoms with Gasteiger partial charge in [-0.1, -0.05) is 152 Å². The van der Waals surface area contributed by atoms with Crippen LogP contribution in [0.3, 0.4) is 0 Å². The van der Waals surface area contributed by atoms with Crippen molar-refractivity contribution in [3.63, 3.8) is 0 Å². The number of nitrogens with zero attached hydrogens (tertiary/aromatic N) is 4. The van der Waals surface area contributed by atoms with Crippen molar-refractivity contribution < 1.29 is 0 Å². The molecule has 4 nitrogen and oxygen atoms in total. The summed E-state index contributed by atoms with van der Waals surface area (Å²) in [7, 11) is 0. The van der Waals surface area contributed by atoms with Crippen LogP contribution in [0, 0.1) is 0 Å². The lowest BCUT2D eigenvalue weighted by atomic mass is 9.98. The summed E-state index contributed by atoms with van der Waals surface area (Å²) in [5.41, 5.74) is 13.0. The SMILES string of the molecule is c1ccc(-c2ccc3c(-c4ccc5c6ccccc6n(-c6ccccc6)c5c4)nc(-n4c5cc6ccccc6cc5c5c(-c6ccccc6)cccc54)nc3c2)cc1. The van der Waals surface area contributed by atoms with Crippen molar-refractivity contribution in [2.75, 3.05) is 0 Å². The van der Waals surface area contributed by atoms with Crippen LogP contribution in [-0.2, 0) is 0 Å². The summed E-state index contributed by atoms with van der Waals surface area (Å²) in [4.78, 5) is 11.1. The molecule has 0 bridgehead atoms. The lowest BCUT2D eigenvalue weighted by Crippen LogP contribution is -2.04. The van der Waals surface area contributed by atoms with Crippen molar-refractivity contribution in [1.29, 1.82) is 0 Å². The van der Waals surface area contributed by atoms with Crippen molar-refractivity contribution in [3.05, 3.63) is 206 Å². The molecule has 0 atom stereocenters. The number of fused-ring (bicyclic) bond motifs is 8. The van der Waals surface area contributed by atoms with Crippen molar-refractivity contribution >= 4 is 65.3 Å². The van der Waals surface area contributed by atoms with Gasteiger partial charge in [0.2, 0.25) is 5.95 Å². The molecule has 58 heavy (non-hydrogen) atoms. The summed E-state index contributed by atoms with van der Waals surface area (Å²) < 4.78 is 4.65. The fourth-order valence-electron chi connectivity index (χ4n) is 9.05. The highest BCUT2D eigenvalue weighted by Gasteiger charge is 2.22. The van der Waals surface area contributed by atoms with Crippen molar-refractivity contribution in [3.8, 4) is 45.1 Å². The molecule has 0 aliphatic carbocycles. The van der Waals surface area contributed by atoms with Gasteiger partial charge in [0.25, 0.3) is 0 Å². The van der Waals surface area contributed by atoms with Crippen molar-refractivity contribution in [2.45, 2.75) is 0 Å². The molecule has 270 valence electrons. The van der Waals surface area contributed by atoms with Gasteiger partial charge < -0.3 is 4.57 Å². The number of aromatic nitrogens is 4. The molecule has 0 spiro atoms. The average molecular weight is 739 g/mol. The first-order valence-electron chi connectivity index (χ1n) is 19.7. The molecule has 12 rings (SSSR count). The average Bonchev–Trinajstić information content (AvgIpc) is 3.80. The predicted molar refractivity (Wildman–Crippen MR) is 242 cm³/mol. The summed E-state index contributed by atoms with van der Waals surface area (Å²) in [6.07, 6.45) is 0. The van der Waals surface area contributed by atoms with Crippen LogP contribution in [0.2, 0.25) is 0 Å². The van der Waals surface area contributed by atoms with Crippen LogP contribution in [-0.4, -0.2) is 19.1 Å². The largest absolute Gasteiger partial charge is 0.309 e. The van der Waals surface area contributed by atoms with E-state index in [2.05, 4.69) is 215 Å². The van der Waals surface area contributed by atoms with Crippen LogP contribution < -0.4 is 0 Å². The van der Waals surface area contributed by atoms with Gasteiger partial charge in [0, 0.05) is 38.2 Å². The van der Waals surface area contributed by atoms with E-state index in [1.807, 2.05) is 0 Å². The van der Waals surface area contributed by atoms with Gasteiger partial charge in [-0.05, 0) is 87.6 Å². The molecule has 0 fully saturated rings. The van der Waals surface area contributed by atoms with Crippen LogP contribution in [0.1, 0.15) is 0 Å². The maximum absolute atomic E-state index is 5.60. The molecule has 0 amide bonds. The standard InChI is InChI=1S/C54H34N4/c1-4-15-35(16-5-1)39-27-30-45-47(32-39)55-54(56-53(45)40-28-29-44-43-23-12-13-25-48(43)57(50(44)34-40)41-21-8-3-9-22-41)58-49-26-14-24-42(36-17-6-2-7-18-36)52(49)46-31-37-19-10-11-20-38(37)33-51(46)58/h1-34H. The molecule has 0 saturated heterocycles. The van der Waals surface area contributed by atoms with E-state index in [4.69, 9.17) is 9.97 Å². The highest BCUT2D eigenvalue weighted by Crippen LogP contribution is 2.42. The Morgan fingerprint density at radius 2 is 0.948 bits per heavy atom. The molecule has 3 heterocycles. The van der Waals surface area contributed by atoms with E-state index in [9.17, 15) is 0 Å². The maximum atomic E-state index is 5.60. The van der Waals surface area contributed by atoms with E-state index >= 15 is 0 Å². The first-order chi connectivity index (χ1) is 28.8. The Morgan fingerprint density at radius 3 is 1.76 bits per heavy atom. The molecule has 0 saturated carbocycles. The molecule has 0 aliphatic heterocycles. The van der Waals surface area contributed by atoms with E-state index in [1.165, 1.54) is 49.0 Å². The third-order valence-electron chi connectivity index (χ3n) is 11.7. The van der Waals surface area contributed by atoms with Crippen LogP contribution in [0.15, 0.2) is 206 Å². The molecule has 4 heteroatoms. The van der Waals surface area contributed by atoms with Crippen LogP contribution in [0.25, 0.3) is 110 Å². The van der Waals surface area contributed by atoms with E-state index in [-0.39, 0.29) is 0 Å². The van der Waals surface area contributed by atoms with E-state index in [0.29, 0.717) is 5.95 Å². The number of para-hydroxylation sites is 2. The molecule has 0 radical (unpaired) electrons. The van der Waals surface area contributed by atoms with Crippen LogP contribution in [0.5, 0.6) is 0 Å². The Hall–Kier alpha value is -7.82. The molecule has 9 aromatic carbocycles. The zero-order chi connectivity index (χ0) is 38.2. The molecular formula is C54H34N4. The Labute approximate surface area is 334 Å². The van der Waals surface area contributed by atoms with E-state index in [0.717, 1.165) is 55.5 Å². The van der Waals surface area contributed by atoms with Crippen molar-refractivity contribution in [1.82, 2.24) is 19.1 Å². The Balaban J connectivity index is 1.19. The molecule has 0 N–H and O–H groups in total. The third kappa shape index (κ3) is 5.02. The summed E-state index contributed by atoms with van der Waals surface area (Å²) in [5, 5.41) is 8.16. The zero-order valence-electron chi connectivity index (χ0n) is 31.4. The van der Waals surface area contributed by atoms with Gasteiger partial charge in [0.1, 0.15) is 0 Å². The summed E-state index contributed by atoms with van der Waals surface area (Å²) in [6, 6.07) is 73.8. The Bertz CT molecular complexity index is 3550. The second kappa shape index (κ2) is 12.9. The Kier molecular flexibility index (Phi) is 7.20. The van der Waals surface area contributed by atoms with E-state index in [1.54, 1.807) is 0 Å². The lowest BCUT2D eigenvalue weighted by Gasteiger charge is -2.14. The molecule has 0 aliphatic rings. The maximum Gasteiger partial charge on any atom is 0.235 e. The molecule has 12 aromatic rings. The van der Waals surface area contributed by atoms with Gasteiger partial charge in [-0.3, -0.25) is 4.57 Å². The van der Waals surface area contributed by atoms with Gasteiger partial charge in [-0.15, -0.1) is 0 Å². The lowest BCUT2D eigenvalue weighted by molar-refractivity contribution is 1.01. The first kappa shape index (κ1) is 32.4. The minimum absolute atomic E-state index is 0.636. The highest BCUT2D eigenvalue weighted by molar-refractivity contribution is 6.18. The van der Waals surface area contributed by atoms with Gasteiger partial charge in [0.05, 0.1) is 33.3 Å². The monoisotopic (exact) mass is 738 g/mol. The van der Waals surface area contributed by atoms with Crippen molar-refractivity contribution in [2.24, 2.45) is 0 Å². The van der Waals surface area contributed by atoms with Crippen LogP contribution >= 0.6 is 0 Å². The molecular weight excluding hydrogens is 705 g/mol. The molecule has 0 unspecified atom stereocenters. The fourth-order valence-corrected chi connectivity index (χ4v) is 9.05. The summed E-state index contributed by atoms with van der Waals surface area (Å²) in [6.45, 7) is 0. The topological polar surface area (TPSA) is 35.6 Å². The predicted octanol–water partition coefficient (Wildman–Crippen LogP) is 14.0. The van der Waals surface area contributed by atoms with Gasteiger partial charge in [0.15, 0.2) is 0 Å². The quantitative estimate of drug-likeness (QED) is 0.176. The molecule has 3 aromatic heterocycles. The highest BCUT2D eigenvalue weighted by atomic mass is 15.2. The number of benzene rings is 9. The third-order valence-corrected chi connectivity index (χ3v) is 11.7. The minimum Gasteiger partial charge on any atom is -0.309 e. The summed E-state index contributed by atoms with van der Waals surface area (Å²) in [5.74, 6) is 0.636. The second-order valence-corrected chi connectivity index (χ2v) is 15.0. The minimum atomic E-state index is 0.636. The first-order valence-corrected chi connectivity index (χ1v) is 19.7. The van der Waals surface area contributed by atoms with Gasteiger partial charge in [-0.25, -0.2) is 9.97 Å². The normalized spacial score (nSPS) is 11.8. The smallest absolute Gasteiger partial charge is 0.235 e.